The van der Waals surface area contributed by atoms with Gasteiger partial charge in [-0.1, -0.05) is 23.8 Å². The molecule has 3 N–H and O–H groups in total. The van der Waals surface area contributed by atoms with Gasteiger partial charge >= 0.3 is 0 Å². The van der Waals surface area contributed by atoms with Crippen LogP contribution in [-0.2, 0) is 0 Å². The number of benzene rings is 2. The number of rotatable bonds is 2. The number of aromatic nitrogens is 1. The molecule has 3 heteroatoms. The summed E-state index contributed by atoms with van der Waals surface area (Å²) in [6.45, 7) is 4.11. The van der Waals surface area contributed by atoms with E-state index < -0.39 is 0 Å². The van der Waals surface area contributed by atoms with Gasteiger partial charge in [-0.2, -0.15) is 0 Å². The maximum absolute atomic E-state index is 9.49. The standard InChI is InChI=1S/C18H18N2O/c1-12(2)11-17-18(19)15-5-3-4-6-16(15)20(17)13-7-9-14(21)10-8-13/h3-11,21H,19H2,1-2H3. The average molecular weight is 278 g/mol. The van der Waals surface area contributed by atoms with E-state index >= 15 is 0 Å². The Morgan fingerprint density at radius 3 is 2.38 bits per heavy atom. The normalized spacial score (nSPS) is 10.8. The van der Waals surface area contributed by atoms with Crippen LogP contribution in [-0.4, -0.2) is 9.67 Å². The van der Waals surface area contributed by atoms with Crippen LogP contribution in [0.1, 0.15) is 19.5 Å². The van der Waals surface area contributed by atoms with Crippen molar-refractivity contribution in [2.75, 3.05) is 5.73 Å². The Hall–Kier alpha value is -2.68. The molecule has 0 aliphatic rings. The molecular formula is C18H18N2O. The van der Waals surface area contributed by atoms with Crippen LogP contribution < -0.4 is 5.73 Å². The average Bonchev–Trinajstić information content (AvgIpc) is 2.73. The van der Waals surface area contributed by atoms with E-state index in [1.807, 2.05) is 30.3 Å². The molecule has 0 spiro atoms. The van der Waals surface area contributed by atoms with E-state index in [1.165, 1.54) is 5.57 Å². The first-order valence-corrected chi connectivity index (χ1v) is 6.91. The van der Waals surface area contributed by atoms with Gasteiger partial charge in [-0.3, -0.25) is 0 Å². The van der Waals surface area contributed by atoms with Crippen LogP contribution in [0, 0.1) is 0 Å². The lowest BCUT2D eigenvalue weighted by atomic mass is 10.2. The van der Waals surface area contributed by atoms with Crippen molar-refractivity contribution in [2.24, 2.45) is 0 Å². The van der Waals surface area contributed by atoms with E-state index in [2.05, 4.69) is 30.6 Å². The third kappa shape index (κ3) is 2.27. The summed E-state index contributed by atoms with van der Waals surface area (Å²) in [5, 5.41) is 10.5. The highest BCUT2D eigenvalue weighted by atomic mass is 16.3. The second kappa shape index (κ2) is 5.02. The Labute approximate surface area is 123 Å². The minimum Gasteiger partial charge on any atom is -0.508 e. The number of aromatic hydroxyl groups is 1. The van der Waals surface area contributed by atoms with Crippen LogP contribution >= 0.6 is 0 Å². The molecule has 21 heavy (non-hydrogen) atoms. The number of nitrogens with zero attached hydrogens (tertiary/aromatic N) is 1. The van der Waals surface area contributed by atoms with Gasteiger partial charge in [-0.25, -0.2) is 0 Å². The lowest BCUT2D eigenvalue weighted by Gasteiger charge is -2.09. The third-order valence-corrected chi connectivity index (χ3v) is 3.49. The maximum atomic E-state index is 9.49. The molecule has 0 radical (unpaired) electrons. The number of anilines is 1. The largest absolute Gasteiger partial charge is 0.508 e. The van der Waals surface area contributed by atoms with Crippen molar-refractivity contribution in [2.45, 2.75) is 13.8 Å². The first-order chi connectivity index (χ1) is 10.1. The summed E-state index contributed by atoms with van der Waals surface area (Å²) < 4.78 is 2.12. The Kier molecular flexibility index (Phi) is 3.18. The molecule has 3 nitrogen and oxygen atoms in total. The molecule has 0 aliphatic heterocycles. The van der Waals surface area contributed by atoms with Crippen molar-refractivity contribution >= 4 is 22.7 Å². The lowest BCUT2D eigenvalue weighted by molar-refractivity contribution is 0.475. The Balaban J connectivity index is 2.38. The minimum atomic E-state index is 0.256. The van der Waals surface area contributed by atoms with Gasteiger partial charge in [0.1, 0.15) is 5.75 Å². The number of phenolic OH excluding ortho intramolecular Hbond substituents is 1. The van der Waals surface area contributed by atoms with E-state index in [-0.39, 0.29) is 5.75 Å². The Morgan fingerprint density at radius 1 is 1.05 bits per heavy atom. The highest BCUT2D eigenvalue weighted by molar-refractivity contribution is 5.98. The molecule has 0 saturated carbocycles. The van der Waals surface area contributed by atoms with Gasteiger partial charge in [0.25, 0.3) is 0 Å². The molecule has 0 amide bonds. The van der Waals surface area contributed by atoms with Crippen LogP contribution in [0.15, 0.2) is 54.1 Å². The lowest BCUT2D eigenvalue weighted by Crippen LogP contribution is -1.98. The zero-order chi connectivity index (χ0) is 15.0. The second-order valence-corrected chi connectivity index (χ2v) is 5.39. The first-order valence-electron chi connectivity index (χ1n) is 6.91. The van der Waals surface area contributed by atoms with Crippen molar-refractivity contribution in [3.8, 4) is 11.4 Å². The number of fused-ring (bicyclic) bond motifs is 1. The van der Waals surface area contributed by atoms with Gasteiger partial charge in [0, 0.05) is 11.1 Å². The molecular weight excluding hydrogens is 260 g/mol. The summed E-state index contributed by atoms with van der Waals surface area (Å²) in [4.78, 5) is 0. The van der Waals surface area contributed by atoms with Gasteiger partial charge in [-0.15, -0.1) is 0 Å². The first kappa shape index (κ1) is 13.3. The number of allylic oxidation sites excluding steroid dienone is 1. The topological polar surface area (TPSA) is 51.2 Å². The van der Waals surface area contributed by atoms with Gasteiger partial charge in [0.2, 0.25) is 0 Å². The molecule has 0 saturated heterocycles. The number of hydrogen-bond acceptors (Lipinski definition) is 2. The van der Waals surface area contributed by atoms with E-state index in [0.717, 1.165) is 28.0 Å². The number of nitrogens with two attached hydrogens (primary N) is 1. The molecule has 1 aromatic heterocycles. The summed E-state index contributed by atoms with van der Waals surface area (Å²) in [5.74, 6) is 0.256. The fourth-order valence-corrected chi connectivity index (χ4v) is 2.58. The van der Waals surface area contributed by atoms with E-state index in [9.17, 15) is 5.11 Å². The van der Waals surface area contributed by atoms with E-state index in [0.29, 0.717) is 0 Å². The van der Waals surface area contributed by atoms with Crippen LogP contribution in [0.4, 0.5) is 5.69 Å². The summed E-state index contributed by atoms with van der Waals surface area (Å²) >= 11 is 0. The maximum Gasteiger partial charge on any atom is 0.115 e. The van der Waals surface area contributed by atoms with Crippen LogP contribution in [0.2, 0.25) is 0 Å². The third-order valence-electron chi connectivity index (χ3n) is 3.49. The van der Waals surface area contributed by atoms with Gasteiger partial charge < -0.3 is 15.4 Å². The van der Waals surface area contributed by atoms with Gasteiger partial charge in [-0.05, 0) is 50.3 Å². The van der Waals surface area contributed by atoms with Crippen molar-refractivity contribution in [1.82, 2.24) is 4.57 Å². The fraction of sp³-hybridized carbons (Fsp3) is 0.111. The molecule has 3 aromatic rings. The van der Waals surface area contributed by atoms with Crippen molar-refractivity contribution in [3.63, 3.8) is 0 Å². The zero-order valence-corrected chi connectivity index (χ0v) is 12.2. The summed E-state index contributed by atoms with van der Waals surface area (Å²) in [6.07, 6.45) is 2.09. The second-order valence-electron chi connectivity index (χ2n) is 5.39. The fourth-order valence-electron chi connectivity index (χ4n) is 2.58. The van der Waals surface area contributed by atoms with Crippen LogP contribution in [0.5, 0.6) is 5.75 Å². The number of nitrogen functional groups attached to an aromatic ring is 1. The molecule has 2 aromatic carbocycles. The Morgan fingerprint density at radius 2 is 1.71 bits per heavy atom. The highest BCUT2D eigenvalue weighted by Crippen LogP contribution is 2.33. The molecule has 0 aliphatic carbocycles. The van der Waals surface area contributed by atoms with Crippen molar-refractivity contribution in [1.29, 1.82) is 0 Å². The smallest absolute Gasteiger partial charge is 0.115 e. The van der Waals surface area contributed by atoms with Gasteiger partial charge in [0.15, 0.2) is 0 Å². The number of para-hydroxylation sites is 1. The molecule has 0 fully saturated rings. The van der Waals surface area contributed by atoms with Gasteiger partial charge in [0.05, 0.1) is 16.9 Å². The summed E-state index contributed by atoms with van der Waals surface area (Å²) in [7, 11) is 0. The van der Waals surface area contributed by atoms with Crippen LogP contribution in [0.3, 0.4) is 0 Å². The van der Waals surface area contributed by atoms with E-state index in [1.54, 1.807) is 12.1 Å². The Bertz CT molecular complexity index is 822. The molecule has 0 atom stereocenters. The molecule has 3 rings (SSSR count). The number of hydrogen-bond donors (Lipinski definition) is 2. The quantitative estimate of drug-likeness (QED) is 0.732. The summed E-state index contributed by atoms with van der Waals surface area (Å²) in [6, 6.07) is 15.2. The molecule has 1 heterocycles. The highest BCUT2D eigenvalue weighted by Gasteiger charge is 2.14. The van der Waals surface area contributed by atoms with E-state index in [4.69, 9.17) is 5.73 Å². The molecule has 0 unspecified atom stereocenters. The predicted octanol–water partition coefficient (Wildman–Crippen LogP) is 4.34. The monoisotopic (exact) mass is 278 g/mol. The minimum absolute atomic E-state index is 0.256. The molecule has 0 bridgehead atoms. The predicted molar refractivity (Wildman–Crippen MR) is 88.7 cm³/mol. The summed E-state index contributed by atoms with van der Waals surface area (Å²) in [5.41, 5.74) is 11.3. The SMILES string of the molecule is CC(C)=Cc1c(N)c2ccccc2n1-c1ccc(O)cc1. The van der Waals surface area contributed by atoms with Crippen LogP contribution in [0.25, 0.3) is 22.7 Å². The molecule has 106 valence electrons. The van der Waals surface area contributed by atoms with Crippen molar-refractivity contribution in [3.05, 3.63) is 59.8 Å². The number of phenols is 1. The zero-order valence-electron chi connectivity index (χ0n) is 12.2. The van der Waals surface area contributed by atoms with Crippen molar-refractivity contribution < 1.29 is 5.11 Å².